The molecule has 1 saturated heterocycles. The molecule has 0 aliphatic carbocycles. The molecule has 3 aromatic rings. The highest BCUT2D eigenvalue weighted by molar-refractivity contribution is 5.92. The molecule has 0 unspecified atom stereocenters. The Hall–Kier alpha value is -3.66. The van der Waals surface area contributed by atoms with Crippen molar-refractivity contribution in [3.8, 4) is 28.6 Å². The Morgan fingerprint density at radius 3 is 2.18 bits per heavy atom. The molecule has 1 aromatic carbocycles. The maximum Gasteiger partial charge on any atom is 0.289 e. The zero-order chi connectivity index (χ0) is 29.5. The third kappa shape index (κ3) is 8.16. The van der Waals surface area contributed by atoms with E-state index in [4.69, 9.17) is 4.74 Å². The smallest absolute Gasteiger partial charge is 0.289 e. The summed E-state index contributed by atoms with van der Waals surface area (Å²) in [5.41, 5.74) is 1.58. The second-order valence-electron chi connectivity index (χ2n) is 8.10. The summed E-state index contributed by atoms with van der Waals surface area (Å²) >= 11 is 0. The number of aromatic nitrogens is 4. The fourth-order valence-corrected chi connectivity index (χ4v) is 3.82. The van der Waals surface area contributed by atoms with Crippen LogP contribution in [-0.2, 0) is 4.74 Å². The largest absolute Gasteiger partial charge is 0.508 e. The molecule has 10 heteroatoms. The molecule has 2 aromatic heterocycles. The average Bonchev–Trinajstić information content (AvgIpc) is 3.42. The molecular weight excluding hydrogens is 496 g/mol. The minimum atomic E-state index is -0.393. The van der Waals surface area contributed by atoms with E-state index in [2.05, 4.69) is 25.4 Å². The fourth-order valence-electron chi connectivity index (χ4n) is 3.82. The Morgan fingerprint density at radius 2 is 1.64 bits per heavy atom. The number of hydrogen-bond donors (Lipinski definition) is 3. The lowest BCUT2D eigenvalue weighted by molar-refractivity contribution is 0.0943. The maximum absolute atomic E-state index is 12.7. The normalized spacial score (nSPS) is 12.3. The Morgan fingerprint density at radius 1 is 1.00 bits per heavy atom. The lowest BCUT2D eigenvalue weighted by Gasteiger charge is -2.27. The van der Waals surface area contributed by atoms with Gasteiger partial charge < -0.3 is 25.2 Å². The Balaban J connectivity index is 0.00000119. The quantitative estimate of drug-likeness (QED) is 0.371. The van der Waals surface area contributed by atoms with E-state index < -0.39 is 5.91 Å². The Labute approximate surface area is 233 Å². The maximum atomic E-state index is 12.7. The summed E-state index contributed by atoms with van der Waals surface area (Å²) in [4.78, 5) is 19.4. The first-order valence-electron chi connectivity index (χ1n) is 14.0. The van der Waals surface area contributed by atoms with E-state index in [0.717, 1.165) is 18.9 Å². The van der Waals surface area contributed by atoms with Gasteiger partial charge in [0.15, 0.2) is 5.82 Å². The number of carbonyl (C=O) groups excluding carboxylic acids is 1. The van der Waals surface area contributed by atoms with Gasteiger partial charge in [-0.2, -0.15) is 0 Å². The third-order valence-corrected chi connectivity index (χ3v) is 5.54. The molecule has 1 aliphatic rings. The number of aromatic hydroxyl groups is 2. The summed E-state index contributed by atoms with van der Waals surface area (Å²) in [6.45, 7) is 20.9. The molecule has 39 heavy (non-hydrogen) atoms. The van der Waals surface area contributed by atoms with Crippen molar-refractivity contribution in [2.45, 2.75) is 68.2 Å². The van der Waals surface area contributed by atoms with Gasteiger partial charge in [0.25, 0.3) is 5.91 Å². The van der Waals surface area contributed by atoms with Gasteiger partial charge in [-0.05, 0) is 36.6 Å². The Bertz CT molecular complexity index is 1140. The lowest BCUT2D eigenvalue weighted by atomic mass is 9.98. The monoisotopic (exact) mass is 542 g/mol. The van der Waals surface area contributed by atoms with Crippen LogP contribution in [0.5, 0.6) is 11.5 Å². The molecule has 216 valence electrons. The number of ether oxygens (including phenoxy) is 1. The van der Waals surface area contributed by atoms with Crippen molar-refractivity contribution in [1.82, 2.24) is 25.1 Å². The van der Waals surface area contributed by atoms with Crippen LogP contribution >= 0.6 is 0 Å². The molecule has 10 nitrogen and oxygen atoms in total. The van der Waals surface area contributed by atoms with Crippen molar-refractivity contribution in [3.63, 3.8) is 0 Å². The highest BCUT2D eigenvalue weighted by Gasteiger charge is 2.24. The number of benzene rings is 1. The molecule has 0 bridgehead atoms. The number of anilines is 1. The van der Waals surface area contributed by atoms with Crippen LogP contribution in [-0.4, -0.2) is 68.7 Å². The van der Waals surface area contributed by atoms with Gasteiger partial charge in [-0.25, -0.2) is 4.98 Å². The van der Waals surface area contributed by atoms with E-state index in [0.29, 0.717) is 36.6 Å². The van der Waals surface area contributed by atoms with Gasteiger partial charge in [-0.1, -0.05) is 55.4 Å². The number of nitrogens with one attached hydrogen (secondary N) is 1. The summed E-state index contributed by atoms with van der Waals surface area (Å²) in [5, 5.41) is 31.9. The number of rotatable bonds is 6. The number of nitrogens with zero attached hydrogens (tertiary/aromatic N) is 5. The lowest BCUT2D eigenvalue weighted by Crippen LogP contribution is -2.36. The summed E-state index contributed by atoms with van der Waals surface area (Å²) in [6, 6.07) is 6.68. The van der Waals surface area contributed by atoms with E-state index in [1.54, 1.807) is 16.8 Å². The van der Waals surface area contributed by atoms with Gasteiger partial charge in [0, 0.05) is 25.7 Å². The molecule has 1 aliphatic heterocycles. The number of phenolic OH excluding ortho intramolecular Hbond substituents is 2. The van der Waals surface area contributed by atoms with Crippen molar-refractivity contribution < 1.29 is 19.7 Å². The highest BCUT2D eigenvalue weighted by atomic mass is 16.5. The minimum absolute atomic E-state index is 0.00204. The highest BCUT2D eigenvalue weighted by Crippen LogP contribution is 2.38. The van der Waals surface area contributed by atoms with E-state index in [-0.39, 0.29) is 29.1 Å². The fraction of sp³-hybridized carbons (Fsp3) is 0.517. The second kappa shape index (κ2) is 17.0. The van der Waals surface area contributed by atoms with Crippen molar-refractivity contribution >= 4 is 11.7 Å². The molecule has 3 N–H and O–H groups in total. The van der Waals surface area contributed by atoms with Gasteiger partial charge in [0.1, 0.15) is 17.3 Å². The minimum Gasteiger partial charge on any atom is -0.508 e. The molecule has 4 rings (SSSR count). The summed E-state index contributed by atoms with van der Waals surface area (Å²) in [7, 11) is 0. The summed E-state index contributed by atoms with van der Waals surface area (Å²) in [5.74, 6) is 0.617. The zero-order valence-corrected chi connectivity index (χ0v) is 24.9. The number of pyridine rings is 1. The van der Waals surface area contributed by atoms with Gasteiger partial charge in [-0.3, -0.25) is 9.36 Å². The number of hydrogen-bond acceptors (Lipinski definition) is 8. The average molecular weight is 543 g/mol. The topological polar surface area (TPSA) is 126 Å². The number of phenols is 2. The predicted octanol–water partition coefficient (Wildman–Crippen LogP) is 5.53. The molecule has 3 heterocycles. The van der Waals surface area contributed by atoms with Crippen LogP contribution in [0.25, 0.3) is 17.1 Å². The SMILES string of the molecule is CC.CC.CC.CCNC(=O)c1nnc(-c2cc(C(C)C)c(O)cc2O)n1-c1ccc(N2CCOCC2)nc1. The molecular formula is C29H46N6O4. The third-order valence-electron chi connectivity index (χ3n) is 5.54. The van der Waals surface area contributed by atoms with Gasteiger partial charge >= 0.3 is 0 Å². The van der Waals surface area contributed by atoms with E-state index in [1.165, 1.54) is 6.07 Å². The first-order chi connectivity index (χ1) is 18.9. The first kappa shape index (κ1) is 33.4. The summed E-state index contributed by atoms with van der Waals surface area (Å²) in [6.07, 6.45) is 1.65. The van der Waals surface area contributed by atoms with Crippen LogP contribution in [0.15, 0.2) is 30.5 Å². The number of amides is 1. The molecule has 0 radical (unpaired) electrons. The van der Waals surface area contributed by atoms with Crippen LogP contribution in [0.2, 0.25) is 0 Å². The van der Waals surface area contributed by atoms with Gasteiger partial charge in [0.05, 0.1) is 30.7 Å². The van der Waals surface area contributed by atoms with E-state index in [9.17, 15) is 15.0 Å². The van der Waals surface area contributed by atoms with Crippen molar-refractivity contribution in [2.75, 3.05) is 37.7 Å². The van der Waals surface area contributed by atoms with Gasteiger partial charge in [0.2, 0.25) is 5.82 Å². The molecule has 1 amide bonds. The van der Waals surface area contributed by atoms with Crippen LogP contribution in [0.1, 0.15) is 84.4 Å². The van der Waals surface area contributed by atoms with E-state index in [1.807, 2.05) is 74.4 Å². The zero-order valence-electron chi connectivity index (χ0n) is 24.9. The standard InChI is InChI=1S/C23H28N6O4.3C2H6/c1-4-24-23(32)22-27-26-21(17-11-16(14(2)3)18(30)12-19(17)31)29(22)15-5-6-20(25-13-15)28-7-9-33-10-8-28;3*1-2/h5-6,11-14,30-31H,4,7-10H2,1-3H3,(H,24,32);3*1-2H3. The van der Waals surface area contributed by atoms with E-state index >= 15 is 0 Å². The van der Waals surface area contributed by atoms with Crippen LogP contribution in [0, 0.1) is 0 Å². The molecule has 0 atom stereocenters. The first-order valence-corrected chi connectivity index (χ1v) is 14.0. The van der Waals surface area contributed by atoms with Crippen molar-refractivity contribution in [3.05, 3.63) is 41.9 Å². The molecule has 0 spiro atoms. The number of carbonyl (C=O) groups is 1. The van der Waals surface area contributed by atoms with Crippen LogP contribution < -0.4 is 10.2 Å². The summed E-state index contributed by atoms with van der Waals surface area (Å²) < 4.78 is 6.97. The second-order valence-corrected chi connectivity index (χ2v) is 8.10. The van der Waals surface area contributed by atoms with Gasteiger partial charge in [-0.15, -0.1) is 10.2 Å². The molecule has 0 saturated carbocycles. The molecule has 1 fully saturated rings. The number of morpholine rings is 1. The predicted molar refractivity (Wildman–Crippen MR) is 157 cm³/mol. The van der Waals surface area contributed by atoms with Crippen molar-refractivity contribution in [1.29, 1.82) is 0 Å². The van der Waals surface area contributed by atoms with Crippen LogP contribution in [0.4, 0.5) is 5.82 Å². The van der Waals surface area contributed by atoms with Crippen molar-refractivity contribution in [2.24, 2.45) is 0 Å². The van der Waals surface area contributed by atoms with Crippen LogP contribution in [0.3, 0.4) is 0 Å². The Kier molecular flexibility index (Phi) is 14.6.